The lowest BCUT2D eigenvalue weighted by Crippen LogP contribution is -2.28. The highest BCUT2D eigenvalue weighted by atomic mass is 32.1. The average molecular weight is 405 g/mol. The van der Waals surface area contributed by atoms with E-state index >= 15 is 0 Å². The summed E-state index contributed by atoms with van der Waals surface area (Å²) in [6.45, 7) is 1.78. The summed E-state index contributed by atoms with van der Waals surface area (Å²) >= 11 is 5.17. The fourth-order valence-corrected chi connectivity index (χ4v) is 3.50. The molecule has 1 aromatic heterocycles. The van der Waals surface area contributed by atoms with Gasteiger partial charge in [0, 0.05) is 5.56 Å². The van der Waals surface area contributed by atoms with E-state index < -0.39 is 23.1 Å². The third kappa shape index (κ3) is 3.09. The van der Waals surface area contributed by atoms with Crippen molar-refractivity contribution in [3.63, 3.8) is 0 Å². The summed E-state index contributed by atoms with van der Waals surface area (Å²) in [7, 11) is 0. The van der Waals surface area contributed by atoms with Crippen LogP contribution in [0.25, 0.3) is 11.8 Å². The number of aromatic hydroxyl groups is 1. The van der Waals surface area contributed by atoms with Crippen molar-refractivity contribution in [3.8, 4) is 11.6 Å². The zero-order valence-electron chi connectivity index (χ0n) is 15.2. The molecule has 7 nitrogen and oxygen atoms in total. The largest absolute Gasteiger partial charge is 0.494 e. The molecule has 8 heteroatoms. The van der Waals surface area contributed by atoms with Crippen molar-refractivity contribution in [2.24, 2.45) is 0 Å². The first-order valence-electron chi connectivity index (χ1n) is 8.69. The number of anilines is 1. The maximum absolute atomic E-state index is 12.9. The van der Waals surface area contributed by atoms with Crippen LogP contribution < -0.4 is 10.9 Å². The van der Waals surface area contributed by atoms with Crippen molar-refractivity contribution < 1.29 is 14.7 Å². The number of nitrogens with one attached hydrogen (secondary N) is 2. The number of benzene rings is 2. The maximum Gasteiger partial charge on any atom is 0.262 e. The number of aryl methyl sites for hydroxylation is 1. The van der Waals surface area contributed by atoms with Crippen LogP contribution in [0.5, 0.6) is 5.88 Å². The van der Waals surface area contributed by atoms with Gasteiger partial charge in [0.05, 0.1) is 16.9 Å². The first-order chi connectivity index (χ1) is 13.9. The van der Waals surface area contributed by atoms with E-state index in [2.05, 4.69) is 10.3 Å². The number of H-pyrrole nitrogens is 1. The molecule has 0 saturated heterocycles. The van der Waals surface area contributed by atoms with E-state index in [1.54, 1.807) is 55.5 Å². The van der Waals surface area contributed by atoms with Gasteiger partial charge in [-0.2, -0.15) is 0 Å². The number of aromatic amines is 1. The third-order valence-electron chi connectivity index (χ3n) is 4.67. The second-order valence-corrected chi connectivity index (χ2v) is 6.89. The quantitative estimate of drug-likeness (QED) is 0.345. The van der Waals surface area contributed by atoms with E-state index in [4.69, 9.17) is 12.2 Å². The Balaban J connectivity index is 1.92. The van der Waals surface area contributed by atoms with Crippen molar-refractivity contribution in [2.45, 2.75) is 6.92 Å². The maximum atomic E-state index is 12.9. The monoisotopic (exact) mass is 405 g/mol. The summed E-state index contributed by atoms with van der Waals surface area (Å²) in [4.78, 5) is 40.3. The summed E-state index contributed by atoms with van der Waals surface area (Å²) in [5.41, 5.74) is 0.841. The first kappa shape index (κ1) is 18.6. The number of amides is 1. The Labute approximate surface area is 170 Å². The van der Waals surface area contributed by atoms with Gasteiger partial charge < -0.3 is 10.4 Å². The number of carbonyl (C=O) groups is 2. The Kier molecular flexibility index (Phi) is 4.48. The van der Waals surface area contributed by atoms with Crippen molar-refractivity contribution in [2.75, 3.05) is 5.32 Å². The minimum atomic E-state index is -0.706. The predicted molar refractivity (Wildman–Crippen MR) is 111 cm³/mol. The number of hydrogen-bond acceptors (Lipinski definition) is 5. The van der Waals surface area contributed by atoms with Crippen molar-refractivity contribution >= 4 is 35.7 Å². The number of carbonyl (C=O) groups excluding carboxylic acids is 2. The number of para-hydroxylation sites is 2. The van der Waals surface area contributed by atoms with Crippen molar-refractivity contribution in [1.29, 1.82) is 0 Å². The van der Waals surface area contributed by atoms with E-state index in [1.165, 1.54) is 4.57 Å². The number of hydrogen-bond donors (Lipinski definition) is 3. The second kappa shape index (κ2) is 6.99. The van der Waals surface area contributed by atoms with Crippen molar-refractivity contribution in [3.05, 3.63) is 85.9 Å². The van der Waals surface area contributed by atoms with E-state index in [9.17, 15) is 19.5 Å². The summed E-state index contributed by atoms with van der Waals surface area (Å²) < 4.78 is 1.24. The van der Waals surface area contributed by atoms with E-state index in [-0.39, 0.29) is 15.9 Å². The molecule has 1 aliphatic heterocycles. The molecule has 0 aliphatic carbocycles. The van der Waals surface area contributed by atoms with Crippen molar-refractivity contribution in [1.82, 2.24) is 9.55 Å². The van der Waals surface area contributed by atoms with Gasteiger partial charge in [0.2, 0.25) is 11.7 Å². The summed E-state index contributed by atoms with van der Waals surface area (Å²) in [6, 6.07) is 13.8. The molecule has 144 valence electrons. The van der Waals surface area contributed by atoms with Crippen LogP contribution in [0, 0.1) is 11.7 Å². The Morgan fingerprint density at radius 2 is 1.76 bits per heavy atom. The Morgan fingerprint density at radius 3 is 2.48 bits per heavy atom. The van der Waals surface area contributed by atoms with E-state index in [0.717, 1.165) is 11.6 Å². The lowest BCUT2D eigenvalue weighted by atomic mass is 9.93. The zero-order chi connectivity index (χ0) is 20.7. The lowest BCUT2D eigenvalue weighted by Gasteiger charge is -2.20. The molecular weight excluding hydrogens is 390 g/mol. The Hall–Kier alpha value is -3.78. The number of ketones is 1. The van der Waals surface area contributed by atoms with Crippen LogP contribution in [-0.4, -0.2) is 26.3 Å². The first-order valence-corrected chi connectivity index (χ1v) is 9.10. The molecule has 0 unspecified atom stereocenters. The molecule has 0 saturated carbocycles. The van der Waals surface area contributed by atoms with Gasteiger partial charge in [0.1, 0.15) is 5.56 Å². The summed E-state index contributed by atoms with van der Waals surface area (Å²) in [6.07, 6.45) is 1.09. The predicted octanol–water partition coefficient (Wildman–Crippen LogP) is 3.13. The van der Waals surface area contributed by atoms with Gasteiger partial charge >= 0.3 is 0 Å². The molecule has 1 aliphatic rings. The molecular formula is C21H15N3O4S. The molecule has 0 bridgehead atoms. The fourth-order valence-electron chi connectivity index (χ4n) is 3.21. The number of rotatable bonds is 2. The highest BCUT2D eigenvalue weighted by molar-refractivity contribution is 7.71. The number of fused-ring (bicyclic) bond motifs is 1. The molecule has 1 amide bonds. The molecule has 0 fully saturated rings. The average Bonchev–Trinajstić information content (AvgIpc) is 2.69. The van der Waals surface area contributed by atoms with Crippen LogP contribution in [0.2, 0.25) is 0 Å². The molecule has 0 atom stereocenters. The fraction of sp³-hybridized carbons (Fsp3) is 0.0476. The zero-order valence-corrected chi connectivity index (χ0v) is 16.0. The van der Waals surface area contributed by atoms with Gasteiger partial charge in [0.25, 0.3) is 11.5 Å². The van der Waals surface area contributed by atoms with E-state index in [0.29, 0.717) is 16.9 Å². The normalized spacial score (nSPS) is 14.6. The van der Waals surface area contributed by atoms with Gasteiger partial charge in [0.15, 0.2) is 4.77 Å². The second-order valence-electron chi connectivity index (χ2n) is 6.51. The smallest absolute Gasteiger partial charge is 0.262 e. The van der Waals surface area contributed by atoms with Crippen LogP contribution >= 0.6 is 12.2 Å². The van der Waals surface area contributed by atoms with Crippen LogP contribution in [0.1, 0.15) is 21.5 Å². The highest BCUT2D eigenvalue weighted by Gasteiger charge is 2.30. The molecule has 2 aromatic carbocycles. The standard InChI is InChI=1S/C21H15N3O4S/c1-11-6-5-9-13-16(11)22-18(26)14(17(13)25)10-15-19(27)23-21(29)24(20(15)28)12-7-3-2-4-8-12/h2-10,28H,1H3,(H,22,26)(H,23,27,29)/b14-10-. The third-order valence-corrected chi connectivity index (χ3v) is 4.95. The lowest BCUT2D eigenvalue weighted by molar-refractivity contribution is -0.112. The SMILES string of the molecule is Cc1cccc2c1NC(=O)/C(=C\c1c(O)n(-c3ccccc3)c(=S)[nH]c1=O)C2=O. The number of Topliss-reactive ketones (excluding diaryl/α,β-unsaturated/α-hetero) is 1. The number of nitrogens with zero attached hydrogens (tertiary/aromatic N) is 1. The molecule has 29 heavy (non-hydrogen) atoms. The highest BCUT2D eigenvalue weighted by Crippen LogP contribution is 2.30. The summed E-state index contributed by atoms with van der Waals surface area (Å²) in [5, 5.41) is 13.4. The Bertz CT molecular complexity index is 1320. The number of aromatic nitrogens is 2. The topological polar surface area (TPSA) is 104 Å². The van der Waals surface area contributed by atoms with Gasteiger partial charge in [-0.3, -0.25) is 23.9 Å². The van der Waals surface area contributed by atoms with Gasteiger partial charge in [-0.1, -0.05) is 30.3 Å². The van der Waals surface area contributed by atoms with Crippen LogP contribution in [0.4, 0.5) is 5.69 Å². The van der Waals surface area contributed by atoms with Gasteiger partial charge in [-0.15, -0.1) is 0 Å². The Morgan fingerprint density at radius 1 is 1.03 bits per heavy atom. The molecule has 3 aromatic rings. The molecule has 2 heterocycles. The van der Waals surface area contributed by atoms with Crippen LogP contribution in [0.3, 0.4) is 0 Å². The van der Waals surface area contributed by atoms with Gasteiger partial charge in [-0.05, 0) is 49.0 Å². The minimum absolute atomic E-state index is 0.0127. The van der Waals surface area contributed by atoms with Gasteiger partial charge in [-0.25, -0.2) is 0 Å². The molecule has 3 N–H and O–H groups in total. The molecule has 0 radical (unpaired) electrons. The summed E-state index contributed by atoms with van der Waals surface area (Å²) in [5.74, 6) is -1.64. The van der Waals surface area contributed by atoms with Crippen LogP contribution in [-0.2, 0) is 4.79 Å². The minimum Gasteiger partial charge on any atom is -0.494 e. The molecule has 4 rings (SSSR count). The molecule has 0 spiro atoms. The van der Waals surface area contributed by atoms with Crippen LogP contribution in [0.15, 0.2) is 58.9 Å². The van der Waals surface area contributed by atoms with E-state index in [1.807, 2.05) is 0 Å².